The van der Waals surface area contributed by atoms with E-state index in [-0.39, 0.29) is 36.6 Å². The van der Waals surface area contributed by atoms with Gasteiger partial charge in [0.2, 0.25) is 11.8 Å². The van der Waals surface area contributed by atoms with Crippen molar-refractivity contribution in [2.45, 2.75) is 32.7 Å². The van der Waals surface area contributed by atoms with Crippen LogP contribution in [0.4, 0.5) is 0 Å². The molecule has 1 unspecified atom stereocenters. The van der Waals surface area contributed by atoms with Crippen LogP contribution in [0.15, 0.2) is 0 Å². The fourth-order valence-electron chi connectivity index (χ4n) is 1.69. The van der Waals surface area contributed by atoms with Crippen LogP contribution >= 0.6 is 0 Å². The molecule has 0 aromatic rings. The van der Waals surface area contributed by atoms with Gasteiger partial charge in [-0.2, -0.15) is 0 Å². The minimum atomic E-state index is -1.22. The number of hydrogen-bond acceptors (Lipinski definition) is 4. The molecule has 0 saturated carbocycles. The normalized spacial score (nSPS) is 22.1. The fraction of sp³-hybridized carbons (Fsp3) is 0.700. The SMILES string of the molecule is CC1(C)CC(=O)N(CC(N)C(=O)O)C(=O)C1. The van der Waals surface area contributed by atoms with Crippen LogP contribution in [0, 0.1) is 5.41 Å². The summed E-state index contributed by atoms with van der Waals surface area (Å²) in [7, 11) is 0. The summed E-state index contributed by atoms with van der Waals surface area (Å²) in [5.41, 5.74) is 4.94. The Kier molecular flexibility index (Phi) is 3.32. The van der Waals surface area contributed by atoms with Crippen molar-refractivity contribution < 1.29 is 19.5 Å². The molecular formula is C10H16N2O4. The number of nitrogens with two attached hydrogens (primary N) is 1. The van der Waals surface area contributed by atoms with E-state index in [1.807, 2.05) is 13.8 Å². The molecule has 1 atom stereocenters. The third kappa shape index (κ3) is 2.79. The lowest BCUT2D eigenvalue weighted by atomic mass is 9.81. The summed E-state index contributed by atoms with van der Waals surface area (Å²) in [5, 5.41) is 8.61. The van der Waals surface area contributed by atoms with E-state index in [1.165, 1.54) is 0 Å². The number of aliphatic carboxylic acids is 1. The van der Waals surface area contributed by atoms with Gasteiger partial charge < -0.3 is 10.8 Å². The zero-order chi connectivity index (χ0) is 12.5. The lowest BCUT2D eigenvalue weighted by molar-refractivity contribution is -0.153. The minimum absolute atomic E-state index is 0.241. The maximum absolute atomic E-state index is 11.6. The molecule has 0 bridgehead atoms. The highest BCUT2D eigenvalue weighted by molar-refractivity contribution is 5.98. The highest BCUT2D eigenvalue weighted by Crippen LogP contribution is 2.31. The average molecular weight is 228 g/mol. The molecule has 0 aliphatic carbocycles. The Labute approximate surface area is 93.4 Å². The predicted molar refractivity (Wildman–Crippen MR) is 55.3 cm³/mol. The van der Waals surface area contributed by atoms with Crippen LogP contribution in [0.3, 0.4) is 0 Å². The van der Waals surface area contributed by atoms with Crippen molar-refractivity contribution >= 4 is 17.8 Å². The second kappa shape index (κ2) is 4.21. The van der Waals surface area contributed by atoms with E-state index in [0.29, 0.717) is 0 Å². The molecule has 16 heavy (non-hydrogen) atoms. The van der Waals surface area contributed by atoms with Crippen LogP contribution in [0.1, 0.15) is 26.7 Å². The number of imide groups is 1. The van der Waals surface area contributed by atoms with Gasteiger partial charge in [-0.15, -0.1) is 0 Å². The van der Waals surface area contributed by atoms with Crippen molar-refractivity contribution in [1.29, 1.82) is 0 Å². The van der Waals surface area contributed by atoms with Crippen molar-refractivity contribution in [2.24, 2.45) is 11.1 Å². The van der Waals surface area contributed by atoms with E-state index < -0.39 is 12.0 Å². The van der Waals surface area contributed by atoms with E-state index in [1.54, 1.807) is 0 Å². The van der Waals surface area contributed by atoms with Crippen molar-refractivity contribution in [3.8, 4) is 0 Å². The first-order valence-electron chi connectivity index (χ1n) is 5.04. The first kappa shape index (κ1) is 12.6. The zero-order valence-corrected chi connectivity index (χ0v) is 9.40. The highest BCUT2D eigenvalue weighted by atomic mass is 16.4. The lowest BCUT2D eigenvalue weighted by Gasteiger charge is -2.35. The van der Waals surface area contributed by atoms with Crippen LogP contribution in [0.25, 0.3) is 0 Å². The first-order valence-corrected chi connectivity index (χ1v) is 5.04. The molecule has 0 aromatic carbocycles. The van der Waals surface area contributed by atoms with E-state index in [4.69, 9.17) is 10.8 Å². The second-order valence-electron chi connectivity index (χ2n) is 4.86. The number of carbonyl (C=O) groups excluding carboxylic acids is 2. The summed E-state index contributed by atoms with van der Waals surface area (Å²) in [6.07, 6.45) is 0.482. The van der Waals surface area contributed by atoms with Gasteiger partial charge in [-0.25, -0.2) is 0 Å². The summed E-state index contributed by atoms with van der Waals surface area (Å²) >= 11 is 0. The third-order valence-corrected chi connectivity index (χ3v) is 2.56. The molecule has 0 spiro atoms. The van der Waals surface area contributed by atoms with Gasteiger partial charge in [0.25, 0.3) is 0 Å². The standard InChI is InChI=1S/C10H16N2O4/c1-10(2)3-7(13)12(8(14)4-10)5-6(11)9(15)16/h6H,3-5,11H2,1-2H3,(H,15,16). The monoisotopic (exact) mass is 228 g/mol. The molecule has 6 nitrogen and oxygen atoms in total. The van der Waals surface area contributed by atoms with E-state index >= 15 is 0 Å². The van der Waals surface area contributed by atoms with Crippen LogP contribution in [-0.2, 0) is 14.4 Å². The minimum Gasteiger partial charge on any atom is -0.480 e. The molecule has 2 amide bonds. The molecule has 1 fully saturated rings. The summed E-state index contributed by atoms with van der Waals surface area (Å²) in [6.45, 7) is 3.41. The Bertz CT molecular complexity index is 318. The molecule has 1 rings (SSSR count). The molecule has 90 valence electrons. The van der Waals surface area contributed by atoms with E-state index in [9.17, 15) is 14.4 Å². The molecule has 0 aromatic heterocycles. The van der Waals surface area contributed by atoms with Crippen LogP contribution < -0.4 is 5.73 Å². The van der Waals surface area contributed by atoms with Gasteiger partial charge in [-0.1, -0.05) is 13.8 Å². The smallest absolute Gasteiger partial charge is 0.322 e. The van der Waals surface area contributed by atoms with Crippen molar-refractivity contribution in [1.82, 2.24) is 4.90 Å². The molecule has 1 aliphatic rings. The summed E-state index contributed by atoms with van der Waals surface area (Å²) in [4.78, 5) is 34.8. The number of amides is 2. The largest absolute Gasteiger partial charge is 0.480 e. The number of likely N-dealkylation sites (tertiary alicyclic amines) is 1. The van der Waals surface area contributed by atoms with Crippen LogP contribution in [0.5, 0.6) is 0 Å². The number of carboxylic acid groups (broad SMARTS) is 1. The number of piperidine rings is 1. The highest BCUT2D eigenvalue weighted by Gasteiger charge is 2.38. The fourth-order valence-corrected chi connectivity index (χ4v) is 1.69. The number of carboxylic acids is 1. The second-order valence-corrected chi connectivity index (χ2v) is 4.86. The third-order valence-electron chi connectivity index (χ3n) is 2.56. The van der Waals surface area contributed by atoms with E-state index in [0.717, 1.165) is 4.90 Å². The van der Waals surface area contributed by atoms with Crippen molar-refractivity contribution in [2.75, 3.05) is 6.54 Å². The number of hydrogen-bond donors (Lipinski definition) is 2. The number of nitrogens with zero attached hydrogens (tertiary/aromatic N) is 1. The van der Waals surface area contributed by atoms with Gasteiger partial charge >= 0.3 is 5.97 Å². The maximum Gasteiger partial charge on any atom is 0.322 e. The van der Waals surface area contributed by atoms with Gasteiger partial charge in [0.05, 0.1) is 6.54 Å². The van der Waals surface area contributed by atoms with Crippen LogP contribution in [-0.4, -0.2) is 40.4 Å². The Morgan fingerprint density at radius 2 is 1.88 bits per heavy atom. The zero-order valence-electron chi connectivity index (χ0n) is 9.40. The molecule has 1 heterocycles. The van der Waals surface area contributed by atoms with Crippen LogP contribution in [0.2, 0.25) is 0 Å². The topological polar surface area (TPSA) is 101 Å². The van der Waals surface area contributed by atoms with Gasteiger partial charge in [0.15, 0.2) is 0 Å². The van der Waals surface area contributed by atoms with E-state index in [2.05, 4.69) is 0 Å². The van der Waals surface area contributed by atoms with Gasteiger partial charge in [0, 0.05) is 12.8 Å². The maximum atomic E-state index is 11.6. The molecule has 1 aliphatic heterocycles. The Morgan fingerprint density at radius 3 is 2.25 bits per heavy atom. The lowest BCUT2D eigenvalue weighted by Crippen LogP contribution is -2.52. The molecule has 6 heteroatoms. The summed E-state index contributed by atoms with van der Waals surface area (Å²) in [5.74, 6) is -1.92. The first-order chi connectivity index (χ1) is 7.23. The summed E-state index contributed by atoms with van der Waals surface area (Å²) < 4.78 is 0. The Hall–Kier alpha value is -1.43. The van der Waals surface area contributed by atoms with Gasteiger partial charge in [-0.05, 0) is 5.41 Å². The molecule has 3 N–H and O–H groups in total. The van der Waals surface area contributed by atoms with Crippen molar-refractivity contribution in [3.05, 3.63) is 0 Å². The molecule has 1 saturated heterocycles. The summed E-state index contributed by atoms with van der Waals surface area (Å²) in [6, 6.07) is -1.21. The van der Waals surface area contributed by atoms with Gasteiger partial charge in [0.1, 0.15) is 6.04 Å². The quantitative estimate of drug-likeness (QED) is 0.638. The van der Waals surface area contributed by atoms with Gasteiger partial charge in [-0.3, -0.25) is 19.3 Å². The average Bonchev–Trinajstić information content (AvgIpc) is 2.09. The Morgan fingerprint density at radius 1 is 1.44 bits per heavy atom. The molecular weight excluding hydrogens is 212 g/mol. The predicted octanol–water partition coefficient (Wildman–Crippen LogP) is -0.426. The van der Waals surface area contributed by atoms with Crippen molar-refractivity contribution in [3.63, 3.8) is 0 Å². The molecule has 0 radical (unpaired) electrons. The number of rotatable bonds is 3. The Balaban J connectivity index is 2.72. The number of carbonyl (C=O) groups is 3.